The number of rotatable bonds is 3. The van der Waals surface area contributed by atoms with Crippen molar-refractivity contribution in [1.29, 1.82) is 0 Å². The fourth-order valence-electron chi connectivity index (χ4n) is 1.57. The number of nitrogens with two attached hydrogens (primary N) is 1. The molecule has 0 saturated carbocycles. The van der Waals surface area contributed by atoms with Crippen molar-refractivity contribution in [3.05, 3.63) is 24.0 Å². The van der Waals surface area contributed by atoms with E-state index in [0.29, 0.717) is 24.5 Å². The summed E-state index contributed by atoms with van der Waals surface area (Å²) in [5, 5.41) is 14.3. The molecule has 2 aliphatic heterocycles. The largest absolute Gasteiger partial charge is 0.398 e. The lowest BCUT2D eigenvalue weighted by Gasteiger charge is -2.31. The van der Waals surface area contributed by atoms with Crippen LogP contribution in [0.4, 0.5) is 0 Å². The van der Waals surface area contributed by atoms with Gasteiger partial charge >= 0.3 is 0 Å². The van der Waals surface area contributed by atoms with E-state index in [2.05, 4.69) is 5.10 Å². The molecule has 0 fully saturated rings. The van der Waals surface area contributed by atoms with Crippen LogP contribution in [0.15, 0.2) is 29.2 Å². The Morgan fingerprint density at radius 3 is 3.06 bits per heavy atom. The fraction of sp³-hybridized carbons (Fsp3) is 0.400. The van der Waals surface area contributed by atoms with E-state index >= 15 is 0 Å². The Balaban J connectivity index is 2.14. The molecule has 0 bridgehead atoms. The number of hydrazone groups is 1. The summed E-state index contributed by atoms with van der Waals surface area (Å²) in [4.78, 5) is 13.4. The van der Waals surface area contributed by atoms with E-state index in [9.17, 15) is 4.79 Å². The molecule has 2 aliphatic rings. The summed E-state index contributed by atoms with van der Waals surface area (Å²) >= 11 is 0. The third-order valence-electron chi connectivity index (χ3n) is 2.37. The third-order valence-corrected chi connectivity index (χ3v) is 2.37. The molecular weight excluding hydrogens is 208 g/mol. The van der Waals surface area contributed by atoms with Crippen LogP contribution in [0, 0.1) is 0 Å². The summed E-state index contributed by atoms with van der Waals surface area (Å²) in [6, 6.07) is 0. The average Bonchev–Trinajstić information content (AvgIpc) is 2.26. The highest BCUT2D eigenvalue weighted by atomic mass is 16.3. The smallest absolute Gasteiger partial charge is 0.262 e. The number of aliphatic hydroxyl groups is 1. The first-order chi connectivity index (χ1) is 7.70. The highest BCUT2D eigenvalue weighted by molar-refractivity contribution is 6.00. The summed E-state index contributed by atoms with van der Waals surface area (Å²) in [5.74, 6) is 0.614. The van der Waals surface area contributed by atoms with Gasteiger partial charge in [0.1, 0.15) is 6.54 Å². The molecule has 0 radical (unpaired) electrons. The first kappa shape index (κ1) is 10.7. The molecule has 16 heavy (non-hydrogen) atoms. The first-order valence-corrected chi connectivity index (χ1v) is 5.12. The molecule has 6 nitrogen and oxygen atoms in total. The van der Waals surface area contributed by atoms with Crippen molar-refractivity contribution in [2.24, 2.45) is 10.8 Å². The van der Waals surface area contributed by atoms with Gasteiger partial charge in [0.2, 0.25) is 0 Å². The molecule has 2 rings (SSSR count). The SMILES string of the molecule is NC1=CN2CC(=O)N(CCCO)N=C2C=C1. The summed E-state index contributed by atoms with van der Waals surface area (Å²) in [7, 11) is 0. The molecule has 0 unspecified atom stereocenters. The maximum absolute atomic E-state index is 11.7. The minimum atomic E-state index is -0.0865. The molecule has 0 saturated heterocycles. The highest BCUT2D eigenvalue weighted by Gasteiger charge is 2.25. The highest BCUT2D eigenvalue weighted by Crippen LogP contribution is 2.12. The lowest BCUT2D eigenvalue weighted by molar-refractivity contribution is -0.132. The lowest BCUT2D eigenvalue weighted by Crippen LogP contribution is -2.45. The van der Waals surface area contributed by atoms with Crippen LogP contribution in [-0.4, -0.2) is 46.5 Å². The predicted molar refractivity (Wildman–Crippen MR) is 59.0 cm³/mol. The van der Waals surface area contributed by atoms with E-state index in [-0.39, 0.29) is 19.1 Å². The van der Waals surface area contributed by atoms with Crippen LogP contribution in [0.25, 0.3) is 0 Å². The summed E-state index contributed by atoms with van der Waals surface area (Å²) in [6.45, 7) is 0.746. The van der Waals surface area contributed by atoms with Crippen LogP contribution in [0.2, 0.25) is 0 Å². The Bertz CT molecular complexity index is 386. The normalized spacial score (nSPS) is 19.4. The monoisotopic (exact) mass is 222 g/mol. The van der Waals surface area contributed by atoms with Gasteiger partial charge in [-0.1, -0.05) is 0 Å². The molecular formula is C10H14N4O2. The van der Waals surface area contributed by atoms with Crippen molar-refractivity contribution in [3.8, 4) is 0 Å². The molecule has 0 aliphatic carbocycles. The second-order valence-electron chi connectivity index (χ2n) is 3.64. The molecule has 0 aromatic heterocycles. The maximum Gasteiger partial charge on any atom is 0.262 e. The van der Waals surface area contributed by atoms with Gasteiger partial charge in [0.05, 0.1) is 0 Å². The maximum atomic E-state index is 11.7. The third kappa shape index (κ3) is 2.06. The topological polar surface area (TPSA) is 82.2 Å². The zero-order valence-electron chi connectivity index (χ0n) is 8.83. The molecule has 1 amide bonds. The number of allylic oxidation sites excluding steroid dienone is 1. The summed E-state index contributed by atoms with van der Waals surface area (Å²) < 4.78 is 0. The van der Waals surface area contributed by atoms with Crippen molar-refractivity contribution in [3.63, 3.8) is 0 Å². The number of nitrogens with zero attached hydrogens (tertiary/aromatic N) is 3. The molecule has 86 valence electrons. The Morgan fingerprint density at radius 1 is 1.50 bits per heavy atom. The van der Waals surface area contributed by atoms with Gasteiger partial charge in [0.15, 0.2) is 5.84 Å². The number of carbonyl (C=O) groups is 1. The fourth-order valence-corrected chi connectivity index (χ4v) is 1.57. The summed E-state index contributed by atoms with van der Waals surface area (Å²) in [5.41, 5.74) is 6.23. The van der Waals surface area contributed by atoms with Gasteiger partial charge in [-0.25, -0.2) is 5.01 Å². The minimum Gasteiger partial charge on any atom is -0.398 e. The van der Waals surface area contributed by atoms with Crippen LogP contribution >= 0.6 is 0 Å². The van der Waals surface area contributed by atoms with Crippen molar-refractivity contribution >= 4 is 11.7 Å². The van der Waals surface area contributed by atoms with Gasteiger partial charge < -0.3 is 15.7 Å². The second kappa shape index (κ2) is 4.36. The standard InChI is InChI=1S/C10H14N4O2/c11-8-2-3-9-12-14(4-1-5-15)10(16)7-13(9)6-8/h2-3,6,15H,1,4-5,7,11H2. The number of amidine groups is 1. The zero-order chi connectivity index (χ0) is 11.5. The predicted octanol–water partition coefficient (Wildman–Crippen LogP) is -0.804. The molecule has 3 N–H and O–H groups in total. The Labute approximate surface area is 93.3 Å². The molecule has 0 aromatic rings. The van der Waals surface area contributed by atoms with E-state index < -0.39 is 0 Å². The van der Waals surface area contributed by atoms with Crippen LogP contribution in [0.3, 0.4) is 0 Å². The quantitative estimate of drug-likeness (QED) is 0.654. The van der Waals surface area contributed by atoms with Gasteiger partial charge in [-0.2, -0.15) is 5.10 Å². The van der Waals surface area contributed by atoms with Gasteiger partial charge in [0, 0.05) is 25.0 Å². The Hall–Kier alpha value is -1.82. The first-order valence-electron chi connectivity index (χ1n) is 5.12. The van der Waals surface area contributed by atoms with Gasteiger partial charge in [0.25, 0.3) is 5.91 Å². The van der Waals surface area contributed by atoms with Crippen LogP contribution < -0.4 is 5.73 Å². The number of hydrogen-bond acceptors (Lipinski definition) is 5. The van der Waals surface area contributed by atoms with Crippen LogP contribution in [0.1, 0.15) is 6.42 Å². The molecule has 0 atom stereocenters. The van der Waals surface area contributed by atoms with E-state index in [0.717, 1.165) is 0 Å². The number of carbonyl (C=O) groups excluding carboxylic acids is 1. The van der Waals surface area contributed by atoms with Crippen molar-refractivity contribution in [1.82, 2.24) is 9.91 Å². The average molecular weight is 222 g/mol. The van der Waals surface area contributed by atoms with E-state index in [4.69, 9.17) is 10.8 Å². The van der Waals surface area contributed by atoms with Crippen molar-refractivity contribution in [2.45, 2.75) is 6.42 Å². The van der Waals surface area contributed by atoms with Crippen molar-refractivity contribution in [2.75, 3.05) is 19.7 Å². The van der Waals surface area contributed by atoms with Crippen molar-refractivity contribution < 1.29 is 9.90 Å². The number of fused-ring (bicyclic) bond motifs is 1. The molecule has 0 aromatic carbocycles. The molecule has 2 heterocycles. The van der Waals surface area contributed by atoms with Crippen LogP contribution in [-0.2, 0) is 4.79 Å². The number of hydrogen-bond donors (Lipinski definition) is 2. The molecule has 0 spiro atoms. The Morgan fingerprint density at radius 2 is 2.31 bits per heavy atom. The zero-order valence-corrected chi connectivity index (χ0v) is 8.83. The number of aliphatic hydroxyl groups excluding tert-OH is 1. The Kier molecular flexibility index (Phi) is 2.91. The van der Waals surface area contributed by atoms with Gasteiger partial charge in [-0.05, 0) is 18.6 Å². The summed E-state index contributed by atoms with van der Waals surface area (Å²) in [6.07, 6.45) is 5.74. The van der Waals surface area contributed by atoms with E-state index in [1.165, 1.54) is 5.01 Å². The number of amides is 1. The lowest BCUT2D eigenvalue weighted by atomic mass is 10.2. The van der Waals surface area contributed by atoms with E-state index in [1.54, 1.807) is 23.3 Å². The van der Waals surface area contributed by atoms with Crippen LogP contribution in [0.5, 0.6) is 0 Å². The van der Waals surface area contributed by atoms with E-state index in [1.807, 2.05) is 0 Å². The van der Waals surface area contributed by atoms with Gasteiger partial charge in [-0.3, -0.25) is 4.79 Å². The minimum absolute atomic E-state index is 0.0566. The second-order valence-corrected chi connectivity index (χ2v) is 3.64. The molecule has 6 heteroatoms. The van der Waals surface area contributed by atoms with Gasteiger partial charge in [-0.15, -0.1) is 0 Å².